The summed E-state index contributed by atoms with van der Waals surface area (Å²) in [5.74, 6) is -0.278. The van der Waals surface area contributed by atoms with Gasteiger partial charge in [0.2, 0.25) is 0 Å². The molecule has 3 heteroatoms. The van der Waals surface area contributed by atoms with Gasteiger partial charge in [-0.3, -0.25) is 0 Å². The molecule has 1 nitrogen and oxygen atoms in total. The van der Waals surface area contributed by atoms with Crippen LogP contribution in [0, 0.1) is 12.7 Å². The van der Waals surface area contributed by atoms with Gasteiger partial charge in [-0.15, -0.1) is 0 Å². The first-order valence-corrected chi connectivity index (χ1v) is 5.66. The standard InChI is InChI=1S/C14H12ClFO/c1-9-8-10(6-7-13(9)16)14(17)11-4-2-3-5-12(11)15/h2-8,14,17H,1H3. The molecule has 0 fully saturated rings. The molecule has 0 aliphatic rings. The Labute approximate surface area is 104 Å². The van der Waals surface area contributed by atoms with Crippen molar-refractivity contribution in [1.82, 2.24) is 0 Å². The molecule has 1 N–H and O–H groups in total. The minimum atomic E-state index is -0.831. The lowest BCUT2D eigenvalue weighted by Crippen LogP contribution is -2.01. The molecular weight excluding hydrogens is 239 g/mol. The zero-order valence-electron chi connectivity index (χ0n) is 9.32. The molecule has 2 aromatic carbocycles. The van der Waals surface area contributed by atoms with Crippen molar-refractivity contribution in [2.45, 2.75) is 13.0 Å². The zero-order chi connectivity index (χ0) is 12.4. The molecule has 2 aromatic rings. The lowest BCUT2D eigenvalue weighted by Gasteiger charge is -2.13. The fourth-order valence-electron chi connectivity index (χ4n) is 1.71. The molecule has 0 bridgehead atoms. The lowest BCUT2D eigenvalue weighted by molar-refractivity contribution is 0.220. The van der Waals surface area contributed by atoms with Crippen LogP contribution in [-0.4, -0.2) is 5.11 Å². The summed E-state index contributed by atoms with van der Waals surface area (Å²) < 4.78 is 13.1. The molecule has 0 saturated carbocycles. The molecule has 2 rings (SSSR count). The van der Waals surface area contributed by atoms with Crippen LogP contribution >= 0.6 is 11.6 Å². The predicted molar refractivity (Wildman–Crippen MR) is 66.7 cm³/mol. The van der Waals surface area contributed by atoms with Crippen molar-refractivity contribution < 1.29 is 9.50 Å². The second-order valence-electron chi connectivity index (χ2n) is 3.93. The summed E-state index contributed by atoms with van der Waals surface area (Å²) in [5, 5.41) is 10.7. The minimum absolute atomic E-state index is 0.278. The predicted octanol–water partition coefficient (Wildman–Crippen LogP) is 3.87. The van der Waals surface area contributed by atoms with Crippen molar-refractivity contribution in [3.63, 3.8) is 0 Å². The fourth-order valence-corrected chi connectivity index (χ4v) is 1.95. The highest BCUT2D eigenvalue weighted by atomic mass is 35.5. The third-order valence-electron chi connectivity index (χ3n) is 2.70. The Kier molecular flexibility index (Phi) is 3.46. The third-order valence-corrected chi connectivity index (χ3v) is 3.04. The summed E-state index contributed by atoms with van der Waals surface area (Å²) in [5.41, 5.74) is 1.77. The molecular formula is C14H12ClFO. The van der Waals surface area contributed by atoms with Crippen LogP contribution in [0.4, 0.5) is 4.39 Å². The van der Waals surface area contributed by atoms with Gasteiger partial charge in [0.15, 0.2) is 0 Å². The molecule has 88 valence electrons. The van der Waals surface area contributed by atoms with Gasteiger partial charge in [-0.25, -0.2) is 4.39 Å². The molecule has 0 radical (unpaired) electrons. The largest absolute Gasteiger partial charge is 0.384 e. The highest BCUT2D eigenvalue weighted by molar-refractivity contribution is 6.31. The summed E-state index contributed by atoms with van der Waals surface area (Å²) in [4.78, 5) is 0. The van der Waals surface area contributed by atoms with Crippen molar-refractivity contribution >= 4 is 11.6 Å². The Morgan fingerprint density at radius 2 is 1.88 bits per heavy atom. The van der Waals surface area contributed by atoms with Crippen LogP contribution in [0.3, 0.4) is 0 Å². The lowest BCUT2D eigenvalue weighted by atomic mass is 10.00. The van der Waals surface area contributed by atoms with Gasteiger partial charge in [0.1, 0.15) is 11.9 Å². The minimum Gasteiger partial charge on any atom is -0.384 e. The van der Waals surface area contributed by atoms with Crippen molar-refractivity contribution in [2.75, 3.05) is 0 Å². The monoisotopic (exact) mass is 250 g/mol. The second kappa shape index (κ2) is 4.86. The third kappa shape index (κ3) is 2.48. The van der Waals surface area contributed by atoms with Gasteiger partial charge >= 0.3 is 0 Å². The van der Waals surface area contributed by atoms with E-state index in [9.17, 15) is 9.50 Å². The first kappa shape index (κ1) is 12.1. The smallest absolute Gasteiger partial charge is 0.126 e. The number of aryl methyl sites for hydroxylation is 1. The second-order valence-corrected chi connectivity index (χ2v) is 4.34. The van der Waals surface area contributed by atoms with E-state index < -0.39 is 6.10 Å². The normalized spacial score (nSPS) is 12.5. The molecule has 1 atom stereocenters. The summed E-state index contributed by atoms with van der Waals surface area (Å²) in [7, 11) is 0. The first-order valence-electron chi connectivity index (χ1n) is 5.28. The van der Waals surface area contributed by atoms with E-state index in [-0.39, 0.29) is 5.82 Å². The van der Waals surface area contributed by atoms with Gasteiger partial charge in [0.25, 0.3) is 0 Å². The van der Waals surface area contributed by atoms with Crippen LogP contribution in [0.5, 0.6) is 0 Å². The average Bonchev–Trinajstić information content (AvgIpc) is 2.32. The van der Waals surface area contributed by atoms with Crippen molar-refractivity contribution in [2.24, 2.45) is 0 Å². The van der Waals surface area contributed by atoms with Gasteiger partial charge in [-0.2, -0.15) is 0 Å². The summed E-state index contributed by atoms with van der Waals surface area (Å²) in [6, 6.07) is 11.6. The van der Waals surface area contributed by atoms with E-state index >= 15 is 0 Å². The van der Waals surface area contributed by atoms with Gasteiger partial charge in [-0.1, -0.05) is 41.9 Å². The quantitative estimate of drug-likeness (QED) is 0.858. The summed E-state index contributed by atoms with van der Waals surface area (Å²) >= 11 is 6.01. The van der Waals surface area contributed by atoms with Crippen LogP contribution in [0.15, 0.2) is 42.5 Å². The van der Waals surface area contributed by atoms with Gasteiger partial charge in [-0.05, 0) is 30.2 Å². The van der Waals surface area contributed by atoms with E-state index in [2.05, 4.69) is 0 Å². The van der Waals surface area contributed by atoms with Crippen LogP contribution < -0.4 is 0 Å². The van der Waals surface area contributed by atoms with E-state index in [0.29, 0.717) is 21.7 Å². The van der Waals surface area contributed by atoms with E-state index in [1.165, 1.54) is 6.07 Å². The van der Waals surface area contributed by atoms with E-state index in [1.54, 1.807) is 43.3 Å². The Bertz CT molecular complexity index is 539. The number of halogens is 2. The maximum Gasteiger partial charge on any atom is 0.126 e. The Morgan fingerprint density at radius 1 is 1.18 bits per heavy atom. The van der Waals surface area contributed by atoms with Crippen LogP contribution in [-0.2, 0) is 0 Å². The maximum atomic E-state index is 13.1. The average molecular weight is 251 g/mol. The molecule has 0 heterocycles. The van der Waals surface area contributed by atoms with Gasteiger partial charge in [0, 0.05) is 10.6 Å². The maximum absolute atomic E-state index is 13.1. The molecule has 0 spiro atoms. The number of aliphatic hydroxyl groups is 1. The Morgan fingerprint density at radius 3 is 2.53 bits per heavy atom. The van der Waals surface area contributed by atoms with Crippen molar-refractivity contribution in [3.8, 4) is 0 Å². The SMILES string of the molecule is Cc1cc(C(O)c2ccccc2Cl)ccc1F. The molecule has 0 aliphatic carbocycles. The Balaban J connectivity index is 2.40. The van der Waals surface area contributed by atoms with Gasteiger partial charge in [0.05, 0.1) is 0 Å². The molecule has 0 aliphatic heterocycles. The summed E-state index contributed by atoms with van der Waals surface area (Å²) in [6.45, 7) is 1.66. The number of benzene rings is 2. The molecule has 0 saturated heterocycles. The number of rotatable bonds is 2. The van der Waals surface area contributed by atoms with Crippen LogP contribution in [0.2, 0.25) is 5.02 Å². The molecule has 0 aromatic heterocycles. The Hall–Kier alpha value is -1.38. The first-order chi connectivity index (χ1) is 8.09. The van der Waals surface area contributed by atoms with E-state index in [4.69, 9.17) is 11.6 Å². The van der Waals surface area contributed by atoms with Crippen molar-refractivity contribution in [3.05, 3.63) is 70.0 Å². The zero-order valence-corrected chi connectivity index (χ0v) is 10.1. The van der Waals surface area contributed by atoms with Crippen LogP contribution in [0.1, 0.15) is 22.8 Å². The van der Waals surface area contributed by atoms with Crippen LogP contribution in [0.25, 0.3) is 0 Å². The highest BCUT2D eigenvalue weighted by Gasteiger charge is 2.14. The number of aliphatic hydroxyl groups excluding tert-OH is 1. The molecule has 1 unspecified atom stereocenters. The van der Waals surface area contributed by atoms with E-state index in [0.717, 1.165) is 0 Å². The topological polar surface area (TPSA) is 20.2 Å². The highest BCUT2D eigenvalue weighted by Crippen LogP contribution is 2.28. The number of hydrogen-bond donors (Lipinski definition) is 1. The van der Waals surface area contributed by atoms with E-state index in [1.807, 2.05) is 0 Å². The molecule has 17 heavy (non-hydrogen) atoms. The van der Waals surface area contributed by atoms with Crippen molar-refractivity contribution in [1.29, 1.82) is 0 Å². The van der Waals surface area contributed by atoms with Gasteiger partial charge < -0.3 is 5.11 Å². The fraction of sp³-hybridized carbons (Fsp3) is 0.143. The number of hydrogen-bond acceptors (Lipinski definition) is 1. The summed E-state index contributed by atoms with van der Waals surface area (Å²) in [6.07, 6.45) is -0.831. The molecule has 0 amide bonds.